The van der Waals surface area contributed by atoms with Gasteiger partial charge in [-0.2, -0.15) is 0 Å². The van der Waals surface area contributed by atoms with Crippen molar-refractivity contribution in [3.63, 3.8) is 0 Å². The average Bonchev–Trinajstić information content (AvgIpc) is 3.50. The van der Waals surface area contributed by atoms with E-state index in [1.54, 1.807) is 0 Å². The lowest BCUT2D eigenvalue weighted by molar-refractivity contribution is 1.25. The Kier molecular flexibility index (Phi) is 7.65. The van der Waals surface area contributed by atoms with Crippen molar-refractivity contribution >= 4 is 27.1 Å². The number of hydrogen-bond donors (Lipinski definition) is 0. The van der Waals surface area contributed by atoms with Crippen molar-refractivity contribution < 1.29 is 0 Å². The van der Waals surface area contributed by atoms with Crippen LogP contribution >= 0.6 is 10.0 Å². The molecule has 0 fully saturated rings. The van der Waals surface area contributed by atoms with Gasteiger partial charge in [-0.25, -0.2) is 0 Å². The molecule has 1 heterocycles. The van der Waals surface area contributed by atoms with Crippen LogP contribution in [0.15, 0.2) is 232 Å². The van der Waals surface area contributed by atoms with Crippen LogP contribution in [0, 0.1) is 0 Å². The van der Waals surface area contributed by atoms with Crippen LogP contribution < -0.4 is 4.90 Å². The molecule has 0 radical (unpaired) electrons. The van der Waals surface area contributed by atoms with Crippen molar-refractivity contribution in [3.8, 4) is 33.4 Å². The molecule has 0 aliphatic carbocycles. The minimum atomic E-state index is -1.77. The maximum Gasteiger partial charge on any atom is 0.0472 e. The second-order valence-electron chi connectivity index (χ2n) is 12.6. The fourth-order valence-corrected chi connectivity index (χ4v) is 11.7. The van der Waals surface area contributed by atoms with Crippen molar-refractivity contribution in [3.05, 3.63) is 212 Å². The smallest absolute Gasteiger partial charge is 0.0472 e. The molecular weight excluding hydrogens is 623 g/mol. The van der Waals surface area contributed by atoms with Crippen LogP contribution in [0.25, 0.3) is 33.4 Å². The lowest BCUT2D eigenvalue weighted by Crippen LogP contribution is -2.11. The van der Waals surface area contributed by atoms with Crippen molar-refractivity contribution in [2.24, 2.45) is 0 Å². The third-order valence-electron chi connectivity index (χ3n) is 9.72. The van der Waals surface area contributed by atoms with Gasteiger partial charge in [-0.05, 0) is 100 Å². The summed E-state index contributed by atoms with van der Waals surface area (Å²) in [6.45, 7) is 0. The summed E-state index contributed by atoms with van der Waals surface area (Å²) in [5.41, 5.74) is 10.8. The topological polar surface area (TPSA) is 3.24 Å². The van der Waals surface area contributed by atoms with Crippen molar-refractivity contribution in [2.45, 2.75) is 19.6 Å². The quantitative estimate of drug-likeness (QED) is 0.165. The van der Waals surface area contributed by atoms with E-state index in [4.69, 9.17) is 0 Å². The number of benzene rings is 8. The van der Waals surface area contributed by atoms with E-state index in [0.717, 1.165) is 17.1 Å². The molecule has 0 amide bonds. The Morgan fingerprint density at radius 2 is 0.660 bits per heavy atom. The average molecular weight is 658 g/mol. The molecule has 1 aliphatic heterocycles. The van der Waals surface area contributed by atoms with Gasteiger partial charge in [0.05, 0.1) is 0 Å². The molecule has 0 unspecified atom stereocenters. The number of hydrogen-bond acceptors (Lipinski definition) is 1. The van der Waals surface area contributed by atoms with E-state index in [9.17, 15) is 0 Å². The van der Waals surface area contributed by atoms with Gasteiger partial charge < -0.3 is 4.90 Å². The van der Waals surface area contributed by atoms with E-state index in [2.05, 4.69) is 217 Å². The highest BCUT2D eigenvalue weighted by atomic mass is 32.3. The number of anilines is 3. The number of nitrogens with zero attached hydrogens (tertiary/aromatic N) is 1. The molecule has 0 atom stereocenters. The molecule has 1 nitrogen and oxygen atoms in total. The zero-order valence-electron chi connectivity index (χ0n) is 27.6. The highest BCUT2D eigenvalue weighted by Crippen LogP contribution is 2.80. The Balaban J connectivity index is 1.25. The predicted molar refractivity (Wildman–Crippen MR) is 211 cm³/mol. The molecule has 8 aromatic rings. The van der Waals surface area contributed by atoms with Crippen molar-refractivity contribution in [2.75, 3.05) is 4.90 Å². The summed E-state index contributed by atoms with van der Waals surface area (Å²) >= 11 is 0. The molecular formula is C48H35NS. The summed E-state index contributed by atoms with van der Waals surface area (Å²) in [7, 11) is -1.77. The lowest BCUT2D eigenvalue weighted by Gasteiger charge is -2.39. The van der Waals surface area contributed by atoms with E-state index >= 15 is 0 Å². The number of fused-ring (bicyclic) bond motifs is 3. The zero-order valence-corrected chi connectivity index (χ0v) is 28.4. The van der Waals surface area contributed by atoms with Crippen LogP contribution in [-0.4, -0.2) is 0 Å². The SMILES string of the molecule is c1ccc(-c2ccc(N(c3ccc(-c4ccccc4)cc3)c3ccc4c(c3)S(c3ccccc3)(c3ccccc3)c3ccccc3-4)cc2)cc1. The van der Waals surface area contributed by atoms with Crippen LogP contribution in [0.3, 0.4) is 0 Å². The van der Waals surface area contributed by atoms with Crippen LogP contribution in [0.4, 0.5) is 17.1 Å². The molecule has 0 spiro atoms. The highest BCUT2D eigenvalue weighted by molar-refractivity contribution is 8.34. The third-order valence-corrected chi connectivity index (χ3v) is 13.7. The summed E-state index contributed by atoms with van der Waals surface area (Å²) < 4.78 is 0. The molecule has 0 saturated heterocycles. The Morgan fingerprint density at radius 1 is 0.280 bits per heavy atom. The minimum Gasteiger partial charge on any atom is -0.310 e. The third kappa shape index (κ3) is 5.05. The molecule has 2 heteroatoms. The second-order valence-corrected chi connectivity index (χ2v) is 15.6. The maximum atomic E-state index is 2.47. The molecule has 0 bridgehead atoms. The Bertz CT molecular complexity index is 2260. The lowest BCUT2D eigenvalue weighted by atomic mass is 10.0. The molecule has 0 saturated carbocycles. The van der Waals surface area contributed by atoms with Gasteiger partial charge in [-0.15, -0.1) is 10.0 Å². The highest BCUT2D eigenvalue weighted by Gasteiger charge is 2.42. The summed E-state index contributed by atoms with van der Waals surface area (Å²) in [6.07, 6.45) is 0. The van der Waals surface area contributed by atoms with Crippen LogP contribution in [-0.2, 0) is 0 Å². The summed E-state index contributed by atoms with van der Waals surface area (Å²) in [6, 6.07) is 77.6. The van der Waals surface area contributed by atoms with Gasteiger partial charge in [0, 0.05) is 36.6 Å². The first kappa shape index (κ1) is 30.0. The first-order valence-electron chi connectivity index (χ1n) is 17.1. The molecule has 9 rings (SSSR count). The molecule has 50 heavy (non-hydrogen) atoms. The normalized spacial score (nSPS) is 13.2. The van der Waals surface area contributed by atoms with Gasteiger partial charge >= 0.3 is 0 Å². The van der Waals surface area contributed by atoms with Gasteiger partial charge in [-0.3, -0.25) is 0 Å². The molecule has 8 aromatic carbocycles. The van der Waals surface area contributed by atoms with Gasteiger partial charge in [-0.1, -0.05) is 146 Å². The molecule has 0 aromatic heterocycles. The largest absolute Gasteiger partial charge is 0.310 e. The standard InChI is InChI=1S/C48H35NS/c1-5-15-36(16-6-1)38-25-29-40(30-26-38)49(41-31-27-39(28-32-41)37-17-7-2-8-18-37)42-33-34-46-45-23-13-14-24-47(45)50(48(46)35-42,43-19-9-3-10-20-43)44-21-11-4-12-22-44/h1-35H. The van der Waals surface area contributed by atoms with Crippen LogP contribution in [0.1, 0.15) is 0 Å². The zero-order chi connectivity index (χ0) is 33.3. The van der Waals surface area contributed by atoms with Crippen LogP contribution in [0.5, 0.6) is 0 Å². The Hall–Kier alpha value is -6.09. The van der Waals surface area contributed by atoms with Gasteiger partial charge in [0.15, 0.2) is 0 Å². The van der Waals surface area contributed by atoms with Crippen molar-refractivity contribution in [1.82, 2.24) is 0 Å². The van der Waals surface area contributed by atoms with E-state index in [1.165, 1.54) is 53.0 Å². The fraction of sp³-hybridized carbons (Fsp3) is 0. The minimum absolute atomic E-state index is 1.12. The van der Waals surface area contributed by atoms with Gasteiger partial charge in [0.2, 0.25) is 0 Å². The maximum absolute atomic E-state index is 2.47. The van der Waals surface area contributed by atoms with Crippen LogP contribution in [0.2, 0.25) is 0 Å². The summed E-state index contributed by atoms with van der Waals surface area (Å²) in [5.74, 6) is 0. The first-order valence-corrected chi connectivity index (χ1v) is 18.7. The van der Waals surface area contributed by atoms with Crippen molar-refractivity contribution in [1.29, 1.82) is 0 Å². The van der Waals surface area contributed by atoms with Gasteiger partial charge in [0.25, 0.3) is 0 Å². The predicted octanol–water partition coefficient (Wildman–Crippen LogP) is 13.8. The number of rotatable bonds is 7. The summed E-state index contributed by atoms with van der Waals surface area (Å²) in [5, 5.41) is 0. The van der Waals surface area contributed by atoms with E-state index in [0.29, 0.717) is 0 Å². The molecule has 1 aliphatic rings. The Morgan fingerprint density at radius 3 is 1.16 bits per heavy atom. The first-order chi connectivity index (χ1) is 24.8. The fourth-order valence-electron chi connectivity index (χ4n) is 7.41. The molecule has 238 valence electrons. The van der Waals surface area contributed by atoms with Gasteiger partial charge in [0.1, 0.15) is 0 Å². The van der Waals surface area contributed by atoms with E-state index < -0.39 is 10.0 Å². The van der Waals surface area contributed by atoms with E-state index in [-0.39, 0.29) is 0 Å². The summed E-state index contributed by atoms with van der Waals surface area (Å²) in [4.78, 5) is 7.88. The Labute approximate surface area is 296 Å². The molecule has 0 N–H and O–H groups in total. The monoisotopic (exact) mass is 657 g/mol. The second kappa shape index (κ2) is 12.7. The van der Waals surface area contributed by atoms with E-state index in [1.807, 2.05) is 0 Å².